The van der Waals surface area contributed by atoms with E-state index in [1.807, 2.05) is 0 Å². The van der Waals surface area contributed by atoms with Crippen LogP contribution in [0.3, 0.4) is 0 Å². The number of carbonyl (C=O) groups excluding carboxylic acids is 1. The molecular formula is C15H12N4O3. The van der Waals surface area contributed by atoms with Gasteiger partial charge in [0.25, 0.3) is 5.91 Å². The highest BCUT2D eigenvalue weighted by molar-refractivity contribution is 5.92. The van der Waals surface area contributed by atoms with Crippen molar-refractivity contribution in [2.45, 2.75) is 6.42 Å². The summed E-state index contributed by atoms with van der Waals surface area (Å²) in [7, 11) is 0. The van der Waals surface area contributed by atoms with Crippen LogP contribution in [0.1, 0.15) is 5.56 Å². The van der Waals surface area contributed by atoms with Crippen molar-refractivity contribution in [1.82, 2.24) is 9.97 Å². The number of benzene rings is 1. The number of H-pyrrole nitrogens is 1. The molecule has 1 aromatic carbocycles. The Morgan fingerprint density at radius 3 is 2.73 bits per heavy atom. The second-order valence-corrected chi connectivity index (χ2v) is 4.66. The lowest BCUT2D eigenvalue weighted by molar-refractivity contribution is -0.117. The molecule has 0 saturated carbocycles. The number of nitrogens with one attached hydrogen (secondary N) is 1. The second kappa shape index (κ2) is 5.65. The number of fused-ring (bicyclic) bond motifs is 1. The predicted octanol–water partition coefficient (Wildman–Crippen LogP) is 2.83. The molecule has 1 amide bonds. The van der Waals surface area contributed by atoms with Crippen molar-refractivity contribution in [2.75, 3.05) is 0 Å². The minimum absolute atomic E-state index is 0.0607. The average Bonchev–Trinajstić information content (AvgIpc) is 2.83. The molecule has 110 valence electrons. The van der Waals surface area contributed by atoms with E-state index in [2.05, 4.69) is 20.2 Å². The van der Waals surface area contributed by atoms with Crippen molar-refractivity contribution in [2.24, 2.45) is 10.2 Å². The first-order valence-electron chi connectivity index (χ1n) is 6.51. The van der Waals surface area contributed by atoms with Crippen molar-refractivity contribution in [1.29, 1.82) is 0 Å². The highest BCUT2D eigenvalue weighted by atomic mass is 16.3. The van der Waals surface area contributed by atoms with Crippen molar-refractivity contribution >= 4 is 22.6 Å². The smallest absolute Gasteiger partial charge is 0.269 e. The number of phenolic OH excluding ortho intramolecular Hbond substituents is 1. The number of azo groups is 1. The lowest BCUT2D eigenvalue weighted by Crippen LogP contribution is -1.97. The summed E-state index contributed by atoms with van der Waals surface area (Å²) in [5.74, 6) is -0.507. The SMILES string of the molecule is O=C(Cc1ccc(O)cc1)N=Nc1c(O)[nH]c2ncccc12. The third-order valence-electron chi connectivity index (χ3n) is 3.08. The highest BCUT2D eigenvalue weighted by Gasteiger charge is 2.11. The average molecular weight is 296 g/mol. The maximum atomic E-state index is 11.8. The van der Waals surface area contributed by atoms with Crippen molar-refractivity contribution in [3.63, 3.8) is 0 Å². The van der Waals surface area contributed by atoms with Crippen LogP contribution in [0.4, 0.5) is 5.69 Å². The van der Waals surface area contributed by atoms with Crippen LogP contribution in [-0.4, -0.2) is 26.1 Å². The summed E-state index contributed by atoms with van der Waals surface area (Å²) in [5, 5.41) is 27.0. The summed E-state index contributed by atoms with van der Waals surface area (Å²) in [5.41, 5.74) is 1.37. The van der Waals surface area contributed by atoms with Crippen molar-refractivity contribution in [3.8, 4) is 11.6 Å². The molecule has 0 aliphatic rings. The summed E-state index contributed by atoms with van der Waals surface area (Å²) in [6, 6.07) is 9.68. The Bertz CT molecular complexity index is 853. The van der Waals surface area contributed by atoms with Crippen LogP contribution in [-0.2, 0) is 11.2 Å². The maximum absolute atomic E-state index is 11.8. The fourth-order valence-electron chi connectivity index (χ4n) is 2.03. The molecule has 7 heteroatoms. The molecule has 0 saturated heterocycles. The number of rotatable bonds is 3. The van der Waals surface area contributed by atoms with Gasteiger partial charge in [-0.2, -0.15) is 0 Å². The number of nitrogens with zero attached hydrogens (tertiary/aromatic N) is 3. The Morgan fingerprint density at radius 1 is 1.18 bits per heavy atom. The van der Waals surface area contributed by atoms with Gasteiger partial charge in [0.1, 0.15) is 11.4 Å². The molecule has 0 aliphatic carbocycles. The Morgan fingerprint density at radius 2 is 1.95 bits per heavy atom. The molecule has 3 N–H and O–H groups in total. The number of hydrogen-bond acceptors (Lipinski definition) is 5. The molecule has 0 spiro atoms. The first-order valence-corrected chi connectivity index (χ1v) is 6.51. The zero-order valence-electron chi connectivity index (χ0n) is 11.4. The summed E-state index contributed by atoms with van der Waals surface area (Å²) >= 11 is 0. The number of pyridine rings is 1. The zero-order valence-corrected chi connectivity index (χ0v) is 11.4. The van der Waals surface area contributed by atoms with Gasteiger partial charge in [0.05, 0.1) is 11.8 Å². The Hall–Kier alpha value is -3.22. The monoisotopic (exact) mass is 296 g/mol. The molecule has 2 aromatic heterocycles. The third-order valence-corrected chi connectivity index (χ3v) is 3.08. The standard InChI is InChI=1S/C15H12N4O3/c20-10-5-3-9(4-6-10)8-12(21)18-19-13-11-2-1-7-16-14(11)17-15(13)22/h1-7,20,22H,8H2,(H,16,17). The lowest BCUT2D eigenvalue weighted by atomic mass is 10.1. The molecule has 2 heterocycles. The van der Waals surface area contributed by atoms with Gasteiger partial charge >= 0.3 is 0 Å². The molecule has 0 radical (unpaired) electrons. The van der Waals surface area contributed by atoms with Gasteiger partial charge < -0.3 is 15.2 Å². The Balaban J connectivity index is 1.79. The number of amides is 1. The molecule has 3 rings (SSSR count). The fraction of sp³-hybridized carbons (Fsp3) is 0.0667. The molecule has 0 bridgehead atoms. The first kappa shape index (κ1) is 13.7. The van der Waals surface area contributed by atoms with E-state index in [4.69, 9.17) is 0 Å². The normalized spacial score (nSPS) is 11.3. The summed E-state index contributed by atoms with van der Waals surface area (Å²) in [4.78, 5) is 18.5. The van der Waals surface area contributed by atoms with E-state index in [1.165, 1.54) is 12.1 Å². The van der Waals surface area contributed by atoms with E-state index in [-0.39, 0.29) is 23.7 Å². The summed E-state index contributed by atoms with van der Waals surface area (Å²) in [6.07, 6.45) is 1.64. The number of aromatic hydroxyl groups is 2. The molecule has 0 aliphatic heterocycles. The van der Waals surface area contributed by atoms with Crippen LogP contribution in [0.15, 0.2) is 52.8 Å². The molecule has 7 nitrogen and oxygen atoms in total. The highest BCUT2D eigenvalue weighted by Crippen LogP contribution is 2.34. The van der Waals surface area contributed by atoms with Gasteiger partial charge in [-0.05, 0) is 29.8 Å². The van der Waals surface area contributed by atoms with Crippen molar-refractivity contribution < 1.29 is 15.0 Å². The van der Waals surface area contributed by atoms with Crippen LogP contribution < -0.4 is 0 Å². The summed E-state index contributed by atoms with van der Waals surface area (Å²) in [6.45, 7) is 0. The quantitative estimate of drug-likeness (QED) is 0.645. The minimum Gasteiger partial charge on any atom is -0.508 e. The predicted molar refractivity (Wildman–Crippen MR) is 79.1 cm³/mol. The largest absolute Gasteiger partial charge is 0.508 e. The summed E-state index contributed by atoms with van der Waals surface area (Å²) < 4.78 is 0. The number of carbonyl (C=O) groups is 1. The second-order valence-electron chi connectivity index (χ2n) is 4.66. The van der Waals surface area contributed by atoms with Gasteiger partial charge in [-0.3, -0.25) is 4.79 Å². The first-order chi connectivity index (χ1) is 10.6. The van der Waals surface area contributed by atoms with Crippen LogP contribution in [0.25, 0.3) is 11.0 Å². The van der Waals surface area contributed by atoms with Gasteiger partial charge in [0, 0.05) is 6.20 Å². The van der Waals surface area contributed by atoms with Gasteiger partial charge in [0.2, 0.25) is 5.88 Å². The Labute approximate surface area is 125 Å². The number of aromatic amines is 1. The van der Waals surface area contributed by atoms with E-state index >= 15 is 0 Å². The molecule has 3 aromatic rings. The number of aromatic nitrogens is 2. The van der Waals surface area contributed by atoms with E-state index in [0.29, 0.717) is 16.6 Å². The van der Waals surface area contributed by atoms with E-state index in [0.717, 1.165) is 0 Å². The fourth-order valence-corrected chi connectivity index (χ4v) is 2.03. The van der Waals surface area contributed by atoms with Gasteiger partial charge in [-0.15, -0.1) is 10.2 Å². The topological polar surface area (TPSA) is 111 Å². The van der Waals surface area contributed by atoms with E-state index in [9.17, 15) is 15.0 Å². The van der Waals surface area contributed by atoms with Gasteiger partial charge in [-0.25, -0.2) is 4.98 Å². The van der Waals surface area contributed by atoms with Crippen LogP contribution in [0, 0.1) is 0 Å². The molecular weight excluding hydrogens is 284 g/mol. The van der Waals surface area contributed by atoms with E-state index < -0.39 is 5.91 Å². The van der Waals surface area contributed by atoms with Crippen molar-refractivity contribution in [3.05, 3.63) is 48.2 Å². The van der Waals surface area contributed by atoms with Crippen LogP contribution in [0.5, 0.6) is 11.6 Å². The van der Waals surface area contributed by atoms with Gasteiger partial charge in [0.15, 0.2) is 5.69 Å². The van der Waals surface area contributed by atoms with Crippen LogP contribution in [0.2, 0.25) is 0 Å². The third kappa shape index (κ3) is 2.78. The molecule has 0 unspecified atom stereocenters. The van der Waals surface area contributed by atoms with Gasteiger partial charge in [-0.1, -0.05) is 12.1 Å². The van der Waals surface area contributed by atoms with E-state index in [1.54, 1.807) is 30.5 Å². The Kier molecular flexibility index (Phi) is 3.53. The molecule has 0 atom stereocenters. The number of hydrogen-bond donors (Lipinski definition) is 3. The molecule has 22 heavy (non-hydrogen) atoms. The maximum Gasteiger partial charge on any atom is 0.269 e. The van der Waals surface area contributed by atoms with Crippen LogP contribution >= 0.6 is 0 Å². The lowest BCUT2D eigenvalue weighted by Gasteiger charge is -1.97. The minimum atomic E-state index is -0.455. The molecule has 0 fully saturated rings. The number of phenols is 1. The zero-order chi connectivity index (χ0) is 15.5.